The molecule has 2 aromatic rings. The molecule has 146 valence electrons. The molecule has 1 aromatic heterocycles. The van der Waals surface area contributed by atoms with Crippen LogP contribution in [-0.2, 0) is 21.4 Å². The Morgan fingerprint density at radius 3 is 2.59 bits per heavy atom. The summed E-state index contributed by atoms with van der Waals surface area (Å²) in [6.07, 6.45) is 4.78. The molecule has 1 saturated heterocycles. The molecule has 0 saturated carbocycles. The average molecular weight is 391 g/mol. The molecule has 1 aliphatic rings. The summed E-state index contributed by atoms with van der Waals surface area (Å²) in [5.74, 6) is 0.836. The Kier molecular flexibility index (Phi) is 5.96. The van der Waals surface area contributed by atoms with E-state index in [1.165, 1.54) is 4.31 Å². The van der Waals surface area contributed by atoms with E-state index in [-0.39, 0.29) is 17.6 Å². The topological polar surface area (TPSA) is 84.3 Å². The SMILES string of the molecule is CCS(=O)(=O)N1CCC(C(=O)NCc2ccccc2-n2ccnc2C)CC1. The molecule has 1 fully saturated rings. The van der Waals surface area contributed by atoms with Crippen LogP contribution in [0.5, 0.6) is 0 Å². The maximum absolute atomic E-state index is 12.6. The molecular formula is C19H26N4O3S. The van der Waals surface area contributed by atoms with Crippen LogP contribution < -0.4 is 5.32 Å². The Morgan fingerprint density at radius 2 is 1.96 bits per heavy atom. The van der Waals surface area contributed by atoms with Gasteiger partial charge in [0.2, 0.25) is 15.9 Å². The maximum atomic E-state index is 12.6. The fraction of sp³-hybridized carbons (Fsp3) is 0.474. The van der Waals surface area contributed by atoms with Gasteiger partial charge in [-0.15, -0.1) is 0 Å². The number of imidazole rings is 1. The third-order valence-electron chi connectivity index (χ3n) is 5.11. The van der Waals surface area contributed by atoms with Crippen molar-refractivity contribution in [2.75, 3.05) is 18.8 Å². The first-order valence-electron chi connectivity index (χ1n) is 9.26. The van der Waals surface area contributed by atoms with Crippen molar-refractivity contribution in [3.8, 4) is 5.69 Å². The largest absolute Gasteiger partial charge is 0.352 e. The summed E-state index contributed by atoms with van der Waals surface area (Å²) in [6, 6.07) is 7.91. The van der Waals surface area contributed by atoms with E-state index in [2.05, 4.69) is 10.3 Å². The molecule has 0 bridgehead atoms. The number of rotatable bonds is 6. The molecule has 1 amide bonds. The summed E-state index contributed by atoms with van der Waals surface area (Å²) in [4.78, 5) is 16.8. The van der Waals surface area contributed by atoms with Gasteiger partial charge in [0.15, 0.2) is 0 Å². The van der Waals surface area contributed by atoms with Crippen molar-refractivity contribution in [1.29, 1.82) is 0 Å². The van der Waals surface area contributed by atoms with Gasteiger partial charge < -0.3 is 9.88 Å². The molecule has 0 atom stereocenters. The number of nitrogens with one attached hydrogen (secondary N) is 1. The number of aryl methyl sites for hydroxylation is 1. The zero-order valence-electron chi connectivity index (χ0n) is 15.8. The first-order chi connectivity index (χ1) is 12.9. The summed E-state index contributed by atoms with van der Waals surface area (Å²) in [5.41, 5.74) is 2.01. The molecule has 1 aromatic carbocycles. The molecular weight excluding hydrogens is 364 g/mol. The number of piperidine rings is 1. The van der Waals surface area contributed by atoms with Gasteiger partial charge in [0.05, 0.1) is 11.4 Å². The Labute approximate surface area is 160 Å². The molecule has 7 nitrogen and oxygen atoms in total. The van der Waals surface area contributed by atoms with Crippen LogP contribution in [-0.4, -0.2) is 47.0 Å². The van der Waals surface area contributed by atoms with E-state index >= 15 is 0 Å². The predicted molar refractivity (Wildman–Crippen MR) is 104 cm³/mol. The lowest BCUT2D eigenvalue weighted by Gasteiger charge is -2.30. The minimum Gasteiger partial charge on any atom is -0.352 e. The minimum absolute atomic E-state index is 0.0132. The maximum Gasteiger partial charge on any atom is 0.223 e. The second-order valence-corrected chi connectivity index (χ2v) is 9.02. The van der Waals surface area contributed by atoms with Crippen LogP contribution in [0.3, 0.4) is 0 Å². The van der Waals surface area contributed by atoms with Crippen molar-refractivity contribution in [2.45, 2.75) is 33.2 Å². The average Bonchev–Trinajstić information content (AvgIpc) is 3.12. The van der Waals surface area contributed by atoms with Crippen molar-refractivity contribution < 1.29 is 13.2 Å². The number of aromatic nitrogens is 2. The van der Waals surface area contributed by atoms with Gasteiger partial charge >= 0.3 is 0 Å². The zero-order chi connectivity index (χ0) is 19.4. The van der Waals surface area contributed by atoms with Crippen molar-refractivity contribution in [3.63, 3.8) is 0 Å². The summed E-state index contributed by atoms with van der Waals surface area (Å²) in [7, 11) is -3.17. The monoisotopic (exact) mass is 390 g/mol. The van der Waals surface area contributed by atoms with Crippen LogP contribution in [0, 0.1) is 12.8 Å². The third-order valence-corrected chi connectivity index (χ3v) is 6.99. The van der Waals surface area contributed by atoms with E-state index in [0.29, 0.717) is 32.5 Å². The molecule has 3 rings (SSSR count). The molecule has 0 spiro atoms. The Morgan fingerprint density at radius 1 is 1.26 bits per heavy atom. The predicted octanol–water partition coefficient (Wildman–Crippen LogP) is 1.86. The quantitative estimate of drug-likeness (QED) is 0.816. The number of para-hydroxylation sites is 1. The van der Waals surface area contributed by atoms with Crippen molar-refractivity contribution >= 4 is 15.9 Å². The van der Waals surface area contributed by atoms with E-state index in [4.69, 9.17) is 0 Å². The first kappa shape index (κ1) is 19.6. The number of hydrogen-bond acceptors (Lipinski definition) is 4. The lowest BCUT2D eigenvalue weighted by atomic mass is 9.97. The van der Waals surface area contributed by atoms with Crippen LogP contribution in [0.15, 0.2) is 36.7 Å². The van der Waals surface area contributed by atoms with Gasteiger partial charge in [0.25, 0.3) is 0 Å². The molecule has 2 heterocycles. The lowest BCUT2D eigenvalue weighted by molar-refractivity contribution is -0.126. The van der Waals surface area contributed by atoms with Gasteiger partial charge in [-0.25, -0.2) is 17.7 Å². The number of benzene rings is 1. The highest BCUT2D eigenvalue weighted by atomic mass is 32.2. The summed E-state index contributed by atoms with van der Waals surface area (Å²) < 4.78 is 27.4. The smallest absolute Gasteiger partial charge is 0.223 e. The van der Waals surface area contributed by atoms with Crippen molar-refractivity contribution in [1.82, 2.24) is 19.2 Å². The van der Waals surface area contributed by atoms with Crippen molar-refractivity contribution in [3.05, 3.63) is 48.0 Å². The van der Waals surface area contributed by atoms with Gasteiger partial charge in [-0.05, 0) is 38.3 Å². The highest BCUT2D eigenvalue weighted by Gasteiger charge is 2.30. The van der Waals surface area contributed by atoms with Gasteiger partial charge in [0.1, 0.15) is 5.82 Å². The number of sulfonamides is 1. The summed E-state index contributed by atoms with van der Waals surface area (Å²) in [5, 5.41) is 3.02. The van der Waals surface area contributed by atoms with Gasteiger partial charge in [-0.2, -0.15) is 0 Å². The lowest BCUT2D eigenvalue weighted by Crippen LogP contribution is -2.43. The third kappa shape index (κ3) is 4.39. The van der Waals surface area contributed by atoms with E-state index < -0.39 is 10.0 Å². The Bertz CT molecular complexity index is 899. The minimum atomic E-state index is -3.17. The molecule has 0 radical (unpaired) electrons. The van der Waals surface area contributed by atoms with E-state index in [0.717, 1.165) is 17.1 Å². The van der Waals surface area contributed by atoms with Crippen LogP contribution in [0.4, 0.5) is 0 Å². The molecule has 27 heavy (non-hydrogen) atoms. The second kappa shape index (κ2) is 8.22. The molecule has 0 unspecified atom stereocenters. The number of nitrogens with zero attached hydrogens (tertiary/aromatic N) is 3. The van der Waals surface area contributed by atoms with E-state index in [1.807, 2.05) is 42.0 Å². The number of carbonyl (C=O) groups excluding carboxylic acids is 1. The highest BCUT2D eigenvalue weighted by molar-refractivity contribution is 7.89. The Balaban J connectivity index is 1.61. The van der Waals surface area contributed by atoms with E-state index in [1.54, 1.807) is 13.1 Å². The van der Waals surface area contributed by atoms with E-state index in [9.17, 15) is 13.2 Å². The van der Waals surface area contributed by atoms with Crippen LogP contribution in [0.2, 0.25) is 0 Å². The first-order valence-corrected chi connectivity index (χ1v) is 10.9. The van der Waals surface area contributed by atoms with Crippen LogP contribution in [0.1, 0.15) is 31.2 Å². The number of hydrogen-bond donors (Lipinski definition) is 1. The summed E-state index contributed by atoms with van der Waals surface area (Å²) >= 11 is 0. The zero-order valence-corrected chi connectivity index (χ0v) is 16.6. The highest BCUT2D eigenvalue weighted by Crippen LogP contribution is 2.21. The van der Waals surface area contributed by atoms with Gasteiger partial charge in [0, 0.05) is 37.9 Å². The summed E-state index contributed by atoms with van der Waals surface area (Å²) in [6.45, 7) is 4.85. The van der Waals surface area contributed by atoms with Gasteiger partial charge in [-0.1, -0.05) is 18.2 Å². The number of amides is 1. The van der Waals surface area contributed by atoms with Crippen molar-refractivity contribution in [2.24, 2.45) is 5.92 Å². The van der Waals surface area contributed by atoms with Gasteiger partial charge in [-0.3, -0.25) is 4.79 Å². The van der Waals surface area contributed by atoms with Crippen LogP contribution in [0.25, 0.3) is 5.69 Å². The fourth-order valence-electron chi connectivity index (χ4n) is 3.43. The number of carbonyl (C=O) groups is 1. The second-order valence-electron chi connectivity index (χ2n) is 6.76. The standard InChI is InChI=1S/C19H26N4O3S/c1-3-27(25,26)22-11-8-16(9-12-22)19(24)21-14-17-6-4-5-7-18(17)23-13-10-20-15(23)2/h4-7,10,13,16H,3,8-9,11-12,14H2,1-2H3,(H,21,24). The van der Waals surface area contributed by atoms with Crippen LogP contribution >= 0.6 is 0 Å². The molecule has 1 N–H and O–H groups in total. The molecule has 0 aliphatic carbocycles. The molecule has 1 aliphatic heterocycles. The normalized spacial score (nSPS) is 16.4. The molecule has 8 heteroatoms. The Hall–Kier alpha value is -2.19. The fourth-order valence-corrected chi connectivity index (χ4v) is 4.57.